The Hall–Kier alpha value is -2.73. The van der Waals surface area contributed by atoms with Gasteiger partial charge in [-0.1, -0.05) is 37.1 Å². The van der Waals surface area contributed by atoms with E-state index in [1.807, 2.05) is 64.5 Å². The highest BCUT2D eigenvalue weighted by Crippen LogP contribution is 2.41. The lowest BCUT2D eigenvalue weighted by Crippen LogP contribution is -2.55. The average Bonchev–Trinajstić information content (AvgIpc) is 3.24. The largest absolute Gasteiger partial charge is 0.338 e. The Balaban J connectivity index is 1.28. The molecule has 0 bridgehead atoms. The maximum Gasteiger partial charge on any atom is 0.254 e. The van der Waals surface area contributed by atoms with Crippen molar-refractivity contribution in [2.75, 3.05) is 26.2 Å². The van der Waals surface area contributed by atoms with E-state index in [1.54, 1.807) is 0 Å². The monoisotopic (exact) mass is 432 g/mol. The van der Waals surface area contributed by atoms with Crippen LogP contribution in [0.1, 0.15) is 48.2 Å². The molecule has 1 aliphatic carbocycles. The van der Waals surface area contributed by atoms with Crippen molar-refractivity contribution >= 4 is 11.8 Å². The van der Waals surface area contributed by atoms with Crippen molar-refractivity contribution < 1.29 is 9.59 Å². The second-order valence-corrected chi connectivity index (χ2v) is 9.36. The Bertz CT molecular complexity index is 927. The second kappa shape index (κ2) is 9.41. The average molecular weight is 433 g/mol. The molecule has 168 valence electrons. The van der Waals surface area contributed by atoms with Crippen LogP contribution in [0.25, 0.3) is 0 Å². The number of nitrogens with zero attached hydrogens (tertiary/aromatic N) is 4. The molecule has 3 heterocycles. The van der Waals surface area contributed by atoms with Gasteiger partial charge in [0.05, 0.1) is 5.69 Å². The van der Waals surface area contributed by atoms with E-state index in [0.717, 1.165) is 51.0 Å². The van der Waals surface area contributed by atoms with Crippen molar-refractivity contribution in [2.45, 2.75) is 50.7 Å². The van der Waals surface area contributed by atoms with Crippen LogP contribution < -0.4 is 0 Å². The lowest BCUT2D eigenvalue weighted by atomic mass is 9.84. The first kappa shape index (κ1) is 21.1. The molecule has 1 saturated carbocycles. The molecule has 3 unspecified atom stereocenters. The summed E-state index contributed by atoms with van der Waals surface area (Å²) in [4.78, 5) is 37.9. The van der Waals surface area contributed by atoms with Crippen molar-refractivity contribution in [2.24, 2.45) is 5.92 Å². The van der Waals surface area contributed by atoms with Crippen molar-refractivity contribution in [3.05, 3.63) is 66.0 Å². The zero-order valence-corrected chi connectivity index (χ0v) is 18.6. The molecule has 0 N–H and O–H groups in total. The lowest BCUT2D eigenvalue weighted by Gasteiger charge is -2.38. The van der Waals surface area contributed by atoms with Gasteiger partial charge in [0.25, 0.3) is 5.91 Å². The molecule has 2 saturated heterocycles. The van der Waals surface area contributed by atoms with Gasteiger partial charge < -0.3 is 9.80 Å². The molecule has 2 amide bonds. The molecule has 3 fully saturated rings. The highest BCUT2D eigenvalue weighted by molar-refractivity contribution is 5.98. The number of benzene rings is 1. The van der Waals surface area contributed by atoms with Crippen molar-refractivity contribution in [3.63, 3.8) is 0 Å². The summed E-state index contributed by atoms with van der Waals surface area (Å²) in [7, 11) is 0. The summed E-state index contributed by atoms with van der Waals surface area (Å²) < 4.78 is 0. The predicted molar refractivity (Wildman–Crippen MR) is 123 cm³/mol. The zero-order valence-electron chi connectivity index (χ0n) is 18.6. The van der Waals surface area contributed by atoms with Crippen LogP contribution in [0.3, 0.4) is 0 Å². The number of aromatic nitrogens is 1. The molecule has 32 heavy (non-hydrogen) atoms. The van der Waals surface area contributed by atoms with Gasteiger partial charge >= 0.3 is 0 Å². The predicted octanol–water partition coefficient (Wildman–Crippen LogP) is 3.20. The Morgan fingerprint density at radius 3 is 2.41 bits per heavy atom. The van der Waals surface area contributed by atoms with Gasteiger partial charge in [-0.25, -0.2) is 0 Å². The molecule has 6 nitrogen and oxygen atoms in total. The standard InChI is InChI=1S/C26H32N4O2/c31-25(20-8-2-1-3-9-20)30-23-12-5-4-10-21(23)18-24(30)26(32)29-16-14-28(15-17-29)19-22-11-6-7-13-27-22/h1-3,6-9,11,13,21,23-24H,4-5,10,12,14-19H2. The van der Waals surface area contributed by atoms with E-state index in [2.05, 4.69) is 9.88 Å². The van der Waals surface area contributed by atoms with E-state index in [0.29, 0.717) is 24.6 Å². The van der Waals surface area contributed by atoms with E-state index in [9.17, 15) is 9.59 Å². The number of hydrogen-bond donors (Lipinski definition) is 0. The molecule has 2 aliphatic heterocycles. The zero-order chi connectivity index (χ0) is 21.9. The Labute approximate surface area is 190 Å². The number of fused-ring (bicyclic) bond motifs is 1. The molecule has 0 radical (unpaired) electrons. The highest BCUT2D eigenvalue weighted by atomic mass is 16.2. The second-order valence-electron chi connectivity index (χ2n) is 9.36. The van der Waals surface area contributed by atoms with Gasteiger partial charge in [-0.05, 0) is 49.4 Å². The maximum atomic E-state index is 13.7. The van der Waals surface area contributed by atoms with Crippen LogP contribution >= 0.6 is 0 Å². The van der Waals surface area contributed by atoms with Gasteiger partial charge in [-0.3, -0.25) is 19.5 Å². The summed E-state index contributed by atoms with van der Waals surface area (Å²) >= 11 is 0. The summed E-state index contributed by atoms with van der Waals surface area (Å²) in [6, 6.07) is 15.4. The van der Waals surface area contributed by atoms with Gasteiger partial charge in [-0.15, -0.1) is 0 Å². The molecule has 2 aromatic rings. The summed E-state index contributed by atoms with van der Waals surface area (Å²) in [5.41, 5.74) is 1.75. The van der Waals surface area contributed by atoms with Crippen molar-refractivity contribution in [1.82, 2.24) is 19.7 Å². The first-order valence-corrected chi connectivity index (χ1v) is 12.0. The van der Waals surface area contributed by atoms with Gasteiger partial charge in [-0.2, -0.15) is 0 Å². The molecule has 1 aromatic carbocycles. The van der Waals surface area contributed by atoms with E-state index < -0.39 is 0 Å². The van der Waals surface area contributed by atoms with E-state index >= 15 is 0 Å². The van der Waals surface area contributed by atoms with Crippen LogP contribution in [0.2, 0.25) is 0 Å². The van der Waals surface area contributed by atoms with Crippen molar-refractivity contribution in [1.29, 1.82) is 0 Å². The molecule has 6 heteroatoms. The number of rotatable bonds is 4. The Morgan fingerprint density at radius 1 is 0.906 bits per heavy atom. The molecule has 1 aromatic heterocycles. The summed E-state index contributed by atoms with van der Waals surface area (Å²) in [6.45, 7) is 3.92. The fraction of sp³-hybridized carbons (Fsp3) is 0.500. The third-order valence-corrected chi connectivity index (χ3v) is 7.42. The number of carbonyl (C=O) groups excluding carboxylic acids is 2. The summed E-state index contributed by atoms with van der Waals surface area (Å²) in [5, 5.41) is 0. The Morgan fingerprint density at radius 2 is 1.66 bits per heavy atom. The van der Waals surface area contributed by atoms with Gasteiger partial charge in [0.1, 0.15) is 6.04 Å². The normalized spacial score (nSPS) is 26.1. The summed E-state index contributed by atoms with van der Waals surface area (Å²) in [6.07, 6.45) is 7.15. The van der Waals surface area contributed by atoms with Crippen LogP contribution in [0, 0.1) is 5.92 Å². The maximum absolute atomic E-state index is 13.7. The minimum atomic E-state index is -0.321. The SMILES string of the molecule is O=C(C1CC2CCCCC2N1C(=O)c1ccccc1)N1CCN(Cc2ccccn2)CC1. The molecule has 3 aliphatic rings. The van der Waals surface area contributed by atoms with E-state index in [1.165, 1.54) is 6.42 Å². The number of hydrogen-bond acceptors (Lipinski definition) is 4. The molecule has 5 rings (SSSR count). The first-order chi connectivity index (χ1) is 15.7. The van der Waals surface area contributed by atoms with Gasteiger partial charge in [0.15, 0.2) is 0 Å². The van der Waals surface area contributed by atoms with Crippen LogP contribution in [-0.4, -0.2) is 69.8 Å². The third-order valence-electron chi connectivity index (χ3n) is 7.42. The van der Waals surface area contributed by atoms with E-state index in [4.69, 9.17) is 0 Å². The Kier molecular flexibility index (Phi) is 6.21. The minimum absolute atomic E-state index is 0.0205. The van der Waals surface area contributed by atoms with Gasteiger partial charge in [0.2, 0.25) is 5.91 Å². The number of carbonyl (C=O) groups is 2. The lowest BCUT2D eigenvalue weighted by molar-refractivity contribution is -0.137. The third kappa shape index (κ3) is 4.29. The number of likely N-dealkylation sites (tertiary alicyclic amines) is 1. The molecule has 3 atom stereocenters. The van der Waals surface area contributed by atoms with Crippen LogP contribution in [0.15, 0.2) is 54.7 Å². The number of piperazine rings is 1. The minimum Gasteiger partial charge on any atom is -0.338 e. The van der Waals surface area contributed by atoms with Crippen LogP contribution in [-0.2, 0) is 11.3 Å². The highest BCUT2D eigenvalue weighted by Gasteiger charge is 2.48. The van der Waals surface area contributed by atoms with E-state index in [-0.39, 0.29) is 23.9 Å². The molecular weight excluding hydrogens is 400 g/mol. The smallest absolute Gasteiger partial charge is 0.254 e. The molecule has 0 spiro atoms. The summed E-state index contributed by atoms with van der Waals surface area (Å²) in [5.74, 6) is 0.615. The fourth-order valence-corrected chi connectivity index (χ4v) is 5.76. The van der Waals surface area contributed by atoms with Gasteiger partial charge in [0, 0.05) is 50.5 Å². The van der Waals surface area contributed by atoms with Crippen molar-refractivity contribution in [3.8, 4) is 0 Å². The number of pyridine rings is 1. The molecular formula is C26H32N4O2. The number of amides is 2. The fourth-order valence-electron chi connectivity index (χ4n) is 5.76. The van der Waals surface area contributed by atoms with Crippen LogP contribution in [0.5, 0.6) is 0 Å². The quantitative estimate of drug-likeness (QED) is 0.745. The first-order valence-electron chi connectivity index (χ1n) is 12.0. The topological polar surface area (TPSA) is 56.8 Å². The van der Waals surface area contributed by atoms with Crippen LogP contribution in [0.4, 0.5) is 0 Å².